The first-order valence-corrected chi connectivity index (χ1v) is 6.35. The molecule has 0 spiro atoms. The molecule has 18 heavy (non-hydrogen) atoms. The number of nitrogens with zero attached hydrogens (tertiary/aromatic N) is 2. The molecule has 1 atom stereocenters. The summed E-state index contributed by atoms with van der Waals surface area (Å²) in [6.07, 6.45) is 1.94. The van der Waals surface area contributed by atoms with Gasteiger partial charge in [0.05, 0.1) is 6.20 Å². The first kappa shape index (κ1) is 12.8. The minimum Gasteiger partial charge on any atom is -0.306 e. The Morgan fingerprint density at radius 2 is 2.11 bits per heavy atom. The first-order valence-electron chi connectivity index (χ1n) is 6.35. The topological polar surface area (TPSA) is 29.9 Å². The minimum atomic E-state index is 0.351. The SMILES string of the molecule is Cc1cccc(C(C)NCc2cnn(C)c2C)c1. The quantitative estimate of drug-likeness (QED) is 0.895. The lowest BCUT2D eigenvalue weighted by atomic mass is 10.1. The monoisotopic (exact) mass is 243 g/mol. The van der Waals surface area contributed by atoms with Crippen molar-refractivity contribution < 1.29 is 0 Å². The highest BCUT2D eigenvalue weighted by molar-refractivity contribution is 5.25. The molecule has 0 aliphatic heterocycles. The van der Waals surface area contributed by atoms with E-state index in [1.807, 2.05) is 17.9 Å². The van der Waals surface area contributed by atoms with Gasteiger partial charge in [0.1, 0.15) is 0 Å². The summed E-state index contributed by atoms with van der Waals surface area (Å²) < 4.78 is 1.91. The third-order valence-corrected chi connectivity index (χ3v) is 3.48. The van der Waals surface area contributed by atoms with Crippen LogP contribution in [0.5, 0.6) is 0 Å². The smallest absolute Gasteiger partial charge is 0.0537 e. The summed E-state index contributed by atoms with van der Waals surface area (Å²) in [7, 11) is 1.98. The molecule has 0 radical (unpaired) electrons. The Labute approximate surface area is 109 Å². The highest BCUT2D eigenvalue weighted by atomic mass is 15.3. The average Bonchev–Trinajstić information content (AvgIpc) is 2.67. The largest absolute Gasteiger partial charge is 0.306 e. The molecule has 0 amide bonds. The van der Waals surface area contributed by atoms with E-state index < -0.39 is 0 Å². The van der Waals surface area contributed by atoms with E-state index in [0.717, 1.165) is 6.54 Å². The number of nitrogens with one attached hydrogen (secondary N) is 1. The Morgan fingerprint density at radius 1 is 1.33 bits per heavy atom. The maximum atomic E-state index is 4.26. The molecular formula is C15H21N3. The van der Waals surface area contributed by atoms with Crippen LogP contribution in [0.2, 0.25) is 0 Å². The first-order chi connectivity index (χ1) is 8.58. The van der Waals surface area contributed by atoms with E-state index in [-0.39, 0.29) is 0 Å². The number of rotatable bonds is 4. The average molecular weight is 243 g/mol. The Morgan fingerprint density at radius 3 is 2.72 bits per heavy atom. The van der Waals surface area contributed by atoms with Crippen LogP contribution in [0.25, 0.3) is 0 Å². The molecule has 3 heteroatoms. The Hall–Kier alpha value is -1.61. The molecule has 0 saturated heterocycles. The molecule has 0 fully saturated rings. The third-order valence-electron chi connectivity index (χ3n) is 3.48. The molecule has 2 aromatic rings. The van der Waals surface area contributed by atoms with Crippen LogP contribution in [0.15, 0.2) is 30.5 Å². The van der Waals surface area contributed by atoms with Gasteiger partial charge in [-0.2, -0.15) is 5.10 Å². The van der Waals surface area contributed by atoms with Crippen LogP contribution in [-0.2, 0) is 13.6 Å². The summed E-state index contributed by atoms with van der Waals surface area (Å²) in [5.41, 5.74) is 5.12. The second-order valence-corrected chi connectivity index (χ2v) is 4.90. The van der Waals surface area contributed by atoms with Crippen molar-refractivity contribution in [2.24, 2.45) is 7.05 Å². The van der Waals surface area contributed by atoms with Crippen molar-refractivity contribution in [3.8, 4) is 0 Å². The molecule has 0 bridgehead atoms. The minimum absolute atomic E-state index is 0.351. The highest BCUT2D eigenvalue weighted by Gasteiger charge is 2.07. The summed E-state index contributed by atoms with van der Waals surface area (Å²) in [6.45, 7) is 7.28. The van der Waals surface area contributed by atoms with E-state index in [2.05, 4.69) is 55.5 Å². The van der Waals surface area contributed by atoms with Gasteiger partial charge in [0.15, 0.2) is 0 Å². The van der Waals surface area contributed by atoms with Crippen LogP contribution in [0.3, 0.4) is 0 Å². The summed E-state index contributed by atoms with van der Waals surface area (Å²) in [4.78, 5) is 0. The molecule has 1 aromatic heterocycles. The van der Waals surface area contributed by atoms with Gasteiger partial charge >= 0.3 is 0 Å². The van der Waals surface area contributed by atoms with Crippen molar-refractivity contribution in [3.05, 3.63) is 52.8 Å². The van der Waals surface area contributed by atoms with Gasteiger partial charge in [-0.3, -0.25) is 4.68 Å². The second kappa shape index (κ2) is 5.36. The van der Waals surface area contributed by atoms with Crippen LogP contribution >= 0.6 is 0 Å². The maximum Gasteiger partial charge on any atom is 0.0537 e. The summed E-state index contributed by atoms with van der Waals surface area (Å²) in [5.74, 6) is 0. The zero-order valence-corrected chi connectivity index (χ0v) is 11.6. The molecule has 96 valence electrons. The summed E-state index contributed by atoms with van der Waals surface area (Å²) in [5, 5.41) is 7.80. The Balaban J connectivity index is 2.00. The van der Waals surface area contributed by atoms with E-state index in [1.54, 1.807) is 0 Å². The van der Waals surface area contributed by atoms with Gasteiger partial charge in [-0.25, -0.2) is 0 Å². The highest BCUT2D eigenvalue weighted by Crippen LogP contribution is 2.15. The number of benzene rings is 1. The van der Waals surface area contributed by atoms with Gasteiger partial charge in [0, 0.05) is 30.9 Å². The lowest BCUT2D eigenvalue weighted by molar-refractivity contribution is 0.572. The molecule has 1 unspecified atom stereocenters. The predicted octanol–water partition coefficient (Wildman–Crippen LogP) is 2.89. The molecular weight excluding hydrogens is 222 g/mol. The van der Waals surface area contributed by atoms with Crippen molar-refractivity contribution in [3.63, 3.8) is 0 Å². The van der Waals surface area contributed by atoms with Gasteiger partial charge in [0.2, 0.25) is 0 Å². The van der Waals surface area contributed by atoms with Crippen LogP contribution < -0.4 is 5.32 Å². The zero-order valence-electron chi connectivity index (χ0n) is 11.6. The number of hydrogen-bond donors (Lipinski definition) is 1. The molecule has 3 nitrogen and oxygen atoms in total. The molecule has 1 aromatic carbocycles. The zero-order chi connectivity index (χ0) is 13.1. The number of aryl methyl sites for hydroxylation is 2. The molecule has 0 saturated carbocycles. The molecule has 2 rings (SSSR count). The van der Waals surface area contributed by atoms with Gasteiger partial charge in [-0.15, -0.1) is 0 Å². The molecule has 0 aliphatic carbocycles. The van der Waals surface area contributed by atoms with Crippen molar-refractivity contribution in [2.45, 2.75) is 33.4 Å². The van der Waals surface area contributed by atoms with Gasteiger partial charge in [-0.1, -0.05) is 29.8 Å². The van der Waals surface area contributed by atoms with Crippen LogP contribution in [-0.4, -0.2) is 9.78 Å². The normalized spacial score (nSPS) is 12.7. The van der Waals surface area contributed by atoms with Crippen LogP contribution in [0, 0.1) is 13.8 Å². The Bertz CT molecular complexity index is 528. The van der Waals surface area contributed by atoms with Crippen molar-refractivity contribution in [1.82, 2.24) is 15.1 Å². The number of aromatic nitrogens is 2. The van der Waals surface area contributed by atoms with Crippen molar-refractivity contribution in [1.29, 1.82) is 0 Å². The number of hydrogen-bond acceptors (Lipinski definition) is 2. The van der Waals surface area contributed by atoms with Crippen LogP contribution in [0.1, 0.15) is 35.3 Å². The fourth-order valence-electron chi connectivity index (χ4n) is 2.04. The van der Waals surface area contributed by atoms with Gasteiger partial charge in [0.25, 0.3) is 0 Å². The second-order valence-electron chi connectivity index (χ2n) is 4.90. The van der Waals surface area contributed by atoms with E-state index in [4.69, 9.17) is 0 Å². The lowest BCUT2D eigenvalue weighted by Gasteiger charge is -2.14. The third kappa shape index (κ3) is 2.79. The van der Waals surface area contributed by atoms with E-state index in [9.17, 15) is 0 Å². The van der Waals surface area contributed by atoms with Gasteiger partial charge in [-0.05, 0) is 26.3 Å². The predicted molar refractivity (Wildman–Crippen MR) is 74.4 cm³/mol. The fourth-order valence-corrected chi connectivity index (χ4v) is 2.04. The molecule has 1 heterocycles. The maximum absolute atomic E-state index is 4.26. The van der Waals surface area contributed by atoms with E-state index >= 15 is 0 Å². The Kier molecular flexibility index (Phi) is 3.82. The van der Waals surface area contributed by atoms with E-state index in [0.29, 0.717) is 6.04 Å². The van der Waals surface area contributed by atoms with Crippen molar-refractivity contribution in [2.75, 3.05) is 0 Å². The van der Waals surface area contributed by atoms with E-state index in [1.165, 1.54) is 22.4 Å². The summed E-state index contributed by atoms with van der Waals surface area (Å²) >= 11 is 0. The molecule has 0 aliphatic rings. The van der Waals surface area contributed by atoms with Crippen LogP contribution in [0.4, 0.5) is 0 Å². The fraction of sp³-hybridized carbons (Fsp3) is 0.400. The lowest BCUT2D eigenvalue weighted by Crippen LogP contribution is -2.18. The standard InChI is InChI=1S/C15H21N3/c1-11-6-5-7-14(8-11)12(2)16-9-15-10-17-18(4)13(15)3/h5-8,10,12,16H,9H2,1-4H3. The summed E-state index contributed by atoms with van der Waals surface area (Å²) in [6, 6.07) is 8.98. The molecule has 1 N–H and O–H groups in total. The van der Waals surface area contributed by atoms with Gasteiger partial charge < -0.3 is 5.32 Å². The van der Waals surface area contributed by atoms with Crippen molar-refractivity contribution >= 4 is 0 Å².